The van der Waals surface area contributed by atoms with Crippen LogP contribution in [-0.2, 0) is 6.42 Å². The van der Waals surface area contributed by atoms with E-state index in [4.69, 9.17) is 5.73 Å². The smallest absolute Gasteiger partial charge is 0.149 e. The number of rotatable bonds is 7. The van der Waals surface area contributed by atoms with Gasteiger partial charge in [-0.1, -0.05) is 6.92 Å². The maximum absolute atomic E-state index is 14.2. The minimum atomic E-state index is -0.461. The summed E-state index contributed by atoms with van der Waals surface area (Å²) in [6.45, 7) is 3.88. The fraction of sp³-hybridized carbons (Fsp3) is 0.600. The van der Waals surface area contributed by atoms with Gasteiger partial charge in [0.05, 0.1) is 0 Å². The highest BCUT2D eigenvalue weighted by Gasteiger charge is 2.27. The molecule has 1 aromatic carbocycles. The predicted octanol–water partition coefficient (Wildman–Crippen LogP) is 3.09. The topological polar surface area (TPSA) is 29.3 Å². The van der Waals surface area contributed by atoms with Gasteiger partial charge in [0.2, 0.25) is 0 Å². The summed E-state index contributed by atoms with van der Waals surface area (Å²) in [7, 11) is 0. The highest BCUT2D eigenvalue weighted by Crippen LogP contribution is 2.33. The standard InChI is InChI=1S/C15H22F2N2/c1-2-7-19(10-11-3-4-11)15-13(16)8-12(5-6-18)9-14(15)17/h8-9,11H,2-7,10,18H2,1H3. The molecule has 2 N–H and O–H groups in total. The van der Waals surface area contributed by atoms with Gasteiger partial charge < -0.3 is 10.6 Å². The average molecular weight is 268 g/mol. The van der Waals surface area contributed by atoms with Gasteiger partial charge in [0.25, 0.3) is 0 Å². The highest BCUT2D eigenvalue weighted by atomic mass is 19.1. The van der Waals surface area contributed by atoms with Crippen molar-refractivity contribution >= 4 is 5.69 Å². The van der Waals surface area contributed by atoms with E-state index >= 15 is 0 Å². The molecule has 0 saturated heterocycles. The van der Waals surface area contributed by atoms with E-state index in [-0.39, 0.29) is 5.69 Å². The van der Waals surface area contributed by atoms with Crippen LogP contribution < -0.4 is 10.6 Å². The third kappa shape index (κ3) is 3.66. The summed E-state index contributed by atoms with van der Waals surface area (Å²) in [5.74, 6) is -0.316. The van der Waals surface area contributed by atoms with E-state index in [0.29, 0.717) is 31.0 Å². The SMILES string of the molecule is CCCN(CC1CC1)c1c(F)cc(CCN)cc1F. The molecule has 1 fully saturated rings. The minimum Gasteiger partial charge on any atom is -0.367 e. The summed E-state index contributed by atoms with van der Waals surface area (Å²) < 4.78 is 28.3. The summed E-state index contributed by atoms with van der Waals surface area (Å²) in [5, 5.41) is 0. The van der Waals surface area contributed by atoms with Crippen molar-refractivity contribution in [2.24, 2.45) is 11.7 Å². The second kappa shape index (κ2) is 6.33. The third-order valence-corrected chi connectivity index (χ3v) is 3.49. The zero-order valence-corrected chi connectivity index (χ0v) is 11.5. The summed E-state index contributed by atoms with van der Waals surface area (Å²) >= 11 is 0. The van der Waals surface area contributed by atoms with Crippen LogP contribution in [0.5, 0.6) is 0 Å². The summed E-state index contributed by atoms with van der Waals surface area (Å²) in [5.41, 5.74) is 6.19. The van der Waals surface area contributed by atoms with Crippen LogP contribution in [0.4, 0.5) is 14.5 Å². The average Bonchev–Trinajstić information content (AvgIpc) is 3.12. The minimum absolute atomic E-state index is 0.134. The quantitative estimate of drug-likeness (QED) is 0.823. The van der Waals surface area contributed by atoms with Crippen molar-refractivity contribution in [1.29, 1.82) is 0 Å². The number of benzene rings is 1. The number of anilines is 1. The predicted molar refractivity (Wildman–Crippen MR) is 74.3 cm³/mol. The summed E-state index contributed by atoms with van der Waals surface area (Å²) in [4.78, 5) is 1.86. The maximum atomic E-state index is 14.2. The molecule has 0 radical (unpaired) electrons. The first-order valence-electron chi connectivity index (χ1n) is 7.08. The van der Waals surface area contributed by atoms with Gasteiger partial charge in [0, 0.05) is 13.1 Å². The Bertz CT molecular complexity index is 407. The molecule has 1 aliphatic carbocycles. The molecule has 0 heterocycles. The lowest BCUT2D eigenvalue weighted by Gasteiger charge is -2.25. The van der Waals surface area contributed by atoms with Gasteiger partial charge in [-0.3, -0.25) is 0 Å². The molecule has 0 amide bonds. The number of halogens is 2. The fourth-order valence-corrected chi connectivity index (χ4v) is 2.41. The first kappa shape index (κ1) is 14.3. The largest absolute Gasteiger partial charge is 0.367 e. The second-order valence-corrected chi connectivity index (χ2v) is 5.34. The van der Waals surface area contributed by atoms with Crippen molar-refractivity contribution in [2.45, 2.75) is 32.6 Å². The Kier molecular flexibility index (Phi) is 4.75. The molecule has 1 aliphatic rings. The number of hydrogen-bond donors (Lipinski definition) is 1. The molecule has 1 saturated carbocycles. The van der Waals surface area contributed by atoms with Gasteiger partial charge in [-0.25, -0.2) is 8.78 Å². The lowest BCUT2D eigenvalue weighted by atomic mass is 10.1. The van der Waals surface area contributed by atoms with Crippen LogP contribution in [0.25, 0.3) is 0 Å². The third-order valence-electron chi connectivity index (χ3n) is 3.49. The van der Waals surface area contributed by atoms with Gasteiger partial charge in [0.1, 0.15) is 17.3 Å². The van der Waals surface area contributed by atoms with Crippen LogP contribution in [-0.4, -0.2) is 19.6 Å². The molecule has 2 rings (SSSR count). The van der Waals surface area contributed by atoms with Gasteiger partial charge >= 0.3 is 0 Å². The van der Waals surface area contributed by atoms with Crippen molar-refractivity contribution in [3.63, 3.8) is 0 Å². The van der Waals surface area contributed by atoms with Crippen LogP contribution in [0.3, 0.4) is 0 Å². The molecule has 2 nitrogen and oxygen atoms in total. The highest BCUT2D eigenvalue weighted by molar-refractivity contribution is 5.51. The number of nitrogens with two attached hydrogens (primary N) is 1. The zero-order chi connectivity index (χ0) is 13.8. The van der Waals surface area contributed by atoms with Crippen LogP contribution in [0, 0.1) is 17.6 Å². The van der Waals surface area contributed by atoms with Crippen molar-refractivity contribution < 1.29 is 8.78 Å². The van der Waals surface area contributed by atoms with E-state index in [1.165, 1.54) is 25.0 Å². The zero-order valence-electron chi connectivity index (χ0n) is 11.5. The number of nitrogens with zero attached hydrogens (tertiary/aromatic N) is 1. The monoisotopic (exact) mass is 268 g/mol. The van der Waals surface area contributed by atoms with Gasteiger partial charge in [-0.05, 0) is 55.8 Å². The Balaban J connectivity index is 2.24. The van der Waals surface area contributed by atoms with Gasteiger partial charge in [0.15, 0.2) is 0 Å². The molecule has 4 heteroatoms. The Morgan fingerprint density at radius 3 is 2.37 bits per heavy atom. The molecular weight excluding hydrogens is 246 g/mol. The molecule has 1 aromatic rings. The van der Waals surface area contributed by atoms with E-state index < -0.39 is 11.6 Å². The van der Waals surface area contributed by atoms with Crippen molar-refractivity contribution in [3.8, 4) is 0 Å². The van der Waals surface area contributed by atoms with E-state index in [1.807, 2.05) is 11.8 Å². The first-order valence-corrected chi connectivity index (χ1v) is 7.08. The summed E-state index contributed by atoms with van der Waals surface area (Å²) in [6.07, 6.45) is 3.74. The normalized spacial score (nSPS) is 14.7. The first-order chi connectivity index (χ1) is 9.15. The molecule has 106 valence electrons. The lowest BCUT2D eigenvalue weighted by molar-refractivity contribution is 0.560. The second-order valence-electron chi connectivity index (χ2n) is 5.34. The van der Waals surface area contributed by atoms with Crippen LogP contribution in [0.15, 0.2) is 12.1 Å². The van der Waals surface area contributed by atoms with Gasteiger partial charge in [-0.2, -0.15) is 0 Å². The van der Waals surface area contributed by atoms with Crippen LogP contribution in [0.1, 0.15) is 31.7 Å². The van der Waals surface area contributed by atoms with E-state index in [1.54, 1.807) is 0 Å². The molecule has 0 aromatic heterocycles. The van der Waals surface area contributed by atoms with Crippen LogP contribution in [0.2, 0.25) is 0 Å². The van der Waals surface area contributed by atoms with Crippen molar-refractivity contribution in [1.82, 2.24) is 0 Å². The Morgan fingerprint density at radius 2 is 1.89 bits per heavy atom. The Morgan fingerprint density at radius 1 is 1.26 bits per heavy atom. The fourth-order valence-electron chi connectivity index (χ4n) is 2.41. The Hall–Kier alpha value is -1.16. The Labute approximate surface area is 113 Å². The van der Waals surface area contributed by atoms with Crippen LogP contribution >= 0.6 is 0 Å². The van der Waals surface area contributed by atoms with Gasteiger partial charge in [-0.15, -0.1) is 0 Å². The maximum Gasteiger partial charge on any atom is 0.149 e. The summed E-state index contributed by atoms with van der Waals surface area (Å²) in [6, 6.07) is 2.83. The lowest BCUT2D eigenvalue weighted by Crippen LogP contribution is -2.28. The van der Waals surface area contributed by atoms with E-state index in [2.05, 4.69) is 0 Å². The molecule has 0 atom stereocenters. The molecular formula is C15H22F2N2. The molecule has 19 heavy (non-hydrogen) atoms. The molecule has 0 spiro atoms. The number of hydrogen-bond acceptors (Lipinski definition) is 2. The molecule has 0 unspecified atom stereocenters. The molecule has 0 aliphatic heterocycles. The van der Waals surface area contributed by atoms with E-state index in [9.17, 15) is 8.78 Å². The molecule has 0 bridgehead atoms. The van der Waals surface area contributed by atoms with Crippen molar-refractivity contribution in [3.05, 3.63) is 29.3 Å². The van der Waals surface area contributed by atoms with E-state index in [0.717, 1.165) is 13.0 Å². The van der Waals surface area contributed by atoms with Crippen molar-refractivity contribution in [2.75, 3.05) is 24.5 Å².